The number of esters is 1. The molecule has 10 heteroatoms. The highest BCUT2D eigenvalue weighted by Crippen LogP contribution is 2.31. The molecule has 3 heterocycles. The Morgan fingerprint density at radius 1 is 1.09 bits per heavy atom. The maximum absolute atomic E-state index is 12.9. The second-order valence-corrected chi connectivity index (χ2v) is 7.59. The maximum atomic E-state index is 12.9. The van der Waals surface area contributed by atoms with Gasteiger partial charge in [-0.2, -0.15) is 13.2 Å². The molecule has 3 aromatic rings. The van der Waals surface area contributed by atoms with E-state index in [1.807, 2.05) is 19.1 Å². The Labute approximate surface area is 182 Å². The summed E-state index contributed by atoms with van der Waals surface area (Å²) in [4.78, 5) is 32.2. The normalized spacial score (nSPS) is 14.6. The molecule has 0 aliphatic carbocycles. The van der Waals surface area contributed by atoms with E-state index in [-0.39, 0.29) is 11.6 Å². The minimum atomic E-state index is -4.41. The largest absolute Gasteiger partial charge is 0.451 e. The van der Waals surface area contributed by atoms with Gasteiger partial charge in [0.25, 0.3) is 5.91 Å². The van der Waals surface area contributed by atoms with Crippen molar-refractivity contribution in [2.45, 2.75) is 13.1 Å². The van der Waals surface area contributed by atoms with Gasteiger partial charge in [-0.3, -0.25) is 4.79 Å². The van der Waals surface area contributed by atoms with Crippen LogP contribution in [0.1, 0.15) is 21.6 Å². The summed E-state index contributed by atoms with van der Waals surface area (Å²) in [7, 11) is 0. The Hall–Kier alpha value is -3.56. The molecule has 1 fully saturated rings. The predicted octanol–water partition coefficient (Wildman–Crippen LogP) is 3.17. The number of fused-ring (bicyclic) bond motifs is 1. The van der Waals surface area contributed by atoms with Crippen molar-refractivity contribution in [3.63, 3.8) is 0 Å². The van der Waals surface area contributed by atoms with Crippen molar-refractivity contribution < 1.29 is 27.5 Å². The highest BCUT2D eigenvalue weighted by molar-refractivity contribution is 5.90. The average Bonchev–Trinajstić information content (AvgIpc) is 3.20. The molecule has 0 bridgehead atoms. The van der Waals surface area contributed by atoms with E-state index >= 15 is 0 Å². The molecule has 0 unspecified atom stereocenters. The molecule has 0 N–H and O–H groups in total. The van der Waals surface area contributed by atoms with E-state index in [1.54, 1.807) is 21.6 Å². The summed E-state index contributed by atoms with van der Waals surface area (Å²) in [5, 5.41) is 0. The zero-order chi connectivity index (χ0) is 22.9. The molecule has 4 rings (SSSR count). The number of aryl methyl sites for hydroxylation is 1. The summed E-state index contributed by atoms with van der Waals surface area (Å²) < 4.78 is 45.6. The van der Waals surface area contributed by atoms with Gasteiger partial charge in [0.15, 0.2) is 12.3 Å². The Kier molecular flexibility index (Phi) is 5.77. The van der Waals surface area contributed by atoms with E-state index in [4.69, 9.17) is 4.74 Å². The topological polar surface area (TPSA) is 67.2 Å². The number of hydrogen-bond acceptors (Lipinski definition) is 5. The number of rotatable bonds is 4. The zero-order valence-corrected chi connectivity index (χ0v) is 17.3. The lowest BCUT2D eigenvalue weighted by Crippen LogP contribution is -2.50. The molecule has 32 heavy (non-hydrogen) atoms. The maximum Gasteiger partial charge on any atom is 0.416 e. The van der Waals surface area contributed by atoms with Gasteiger partial charge in [-0.1, -0.05) is 6.07 Å². The SMILES string of the molecule is Cc1ccn2cc(C(=O)OCC(=O)N3CCN(c4cccc(C(F)(F)F)c4)CC3)nc2c1. The van der Waals surface area contributed by atoms with E-state index in [0.717, 1.165) is 17.7 Å². The van der Waals surface area contributed by atoms with Crippen molar-refractivity contribution in [2.24, 2.45) is 0 Å². The molecule has 0 spiro atoms. The molecule has 1 aliphatic rings. The number of hydrogen-bond donors (Lipinski definition) is 0. The first-order valence-electron chi connectivity index (χ1n) is 10.0. The standard InChI is InChI=1S/C22H21F3N4O3/c1-15-5-6-29-13-18(26-19(29)11-15)21(31)32-14-20(30)28-9-7-27(8-10-28)17-4-2-3-16(12-17)22(23,24)25/h2-6,11-13H,7-10,14H2,1H3. The van der Waals surface area contributed by atoms with Gasteiger partial charge < -0.3 is 18.9 Å². The van der Waals surface area contributed by atoms with Gasteiger partial charge >= 0.3 is 12.1 Å². The number of amides is 1. The average molecular weight is 446 g/mol. The van der Waals surface area contributed by atoms with Crippen LogP contribution >= 0.6 is 0 Å². The summed E-state index contributed by atoms with van der Waals surface area (Å²) in [6, 6.07) is 8.83. The Balaban J connectivity index is 1.30. The third-order valence-corrected chi connectivity index (χ3v) is 5.32. The molecular formula is C22H21F3N4O3. The van der Waals surface area contributed by atoms with Gasteiger partial charge in [0, 0.05) is 44.3 Å². The van der Waals surface area contributed by atoms with Crippen molar-refractivity contribution >= 4 is 23.2 Å². The monoisotopic (exact) mass is 446 g/mol. The molecule has 0 radical (unpaired) electrons. The van der Waals surface area contributed by atoms with Crippen LogP contribution in [-0.2, 0) is 15.7 Å². The van der Waals surface area contributed by atoms with Crippen molar-refractivity contribution in [1.82, 2.24) is 14.3 Å². The number of halogens is 3. The van der Waals surface area contributed by atoms with E-state index in [0.29, 0.717) is 37.5 Å². The van der Waals surface area contributed by atoms with E-state index in [9.17, 15) is 22.8 Å². The lowest BCUT2D eigenvalue weighted by Gasteiger charge is -2.36. The van der Waals surface area contributed by atoms with Crippen LogP contribution < -0.4 is 4.90 Å². The number of alkyl halides is 3. The number of piperazine rings is 1. The molecule has 0 saturated carbocycles. The third-order valence-electron chi connectivity index (χ3n) is 5.32. The van der Waals surface area contributed by atoms with Gasteiger partial charge in [0.2, 0.25) is 0 Å². The molecule has 1 amide bonds. The van der Waals surface area contributed by atoms with Crippen LogP contribution in [-0.4, -0.2) is 58.9 Å². The highest BCUT2D eigenvalue weighted by atomic mass is 19.4. The van der Waals surface area contributed by atoms with Crippen LogP contribution in [0, 0.1) is 6.92 Å². The molecule has 1 aliphatic heterocycles. The van der Waals surface area contributed by atoms with Crippen molar-refractivity contribution in [2.75, 3.05) is 37.7 Å². The van der Waals surface area contributed by atoms with Gasteiger partial charge in [0.1, 0.15) is 5.65 Å². The number of aromatic nitrogens is 2. The van der Waals surface area contributed by atoms with Crippen LogP contribution in [0.5, 0.6) is 0 Å². The number of nitrogens with zero attached hydrogens (tertiary/aromatic N) is 4. The number of carbonyl (C=O) groups is 2. The Morgan fingerprint density at radius 2 is 1.84 bits per heavy atom. The van der Waals surface area contributed by atoms with Crippen LogP contribution in [0.4, 0.5) is 18.9 Å². The van der Waals surface area contributed by atoms with Gasteiger partial charge in [0.05, 0.1) is 5.56 Å². The number of pyridine rings is 1. The lowest BCUT2D eigenvalue weighted by molar-refractivity contribution is -0.137. The number of anilines is 1. The Bertz CT molecular complexity index is 1150. The van der Waals surface area contributed by atoms with Gasteiger partial charge in [-0.25, -0.2) is 9.78 Å². The minimum absolute atomic E-state index is 0.109. The van der Waals surface area contributed by atoms with E-state index in [2.05, 4.69) is 4.98 Å². The fraction of sp³-hybridized carbons (Fsp3) is 0.318. The molecule has 0 atom stereocenters. The summed E-state index contributed by atoms with van der Waals surface area (Å²) in [6.07, 6.45) is -1.09. The number of imidazole rings is 1. The zero-order valence-electron chi connectivity index (χ0n) is 17.3. The summed E-state index contributed by atoms with van der Waals surface area (Å²) in [6.45, 7) is 2.90. The smallest absolute Gasteiger partial charge is 0.416 e. The van der Waals surface area contributed by atoms with Crippen molar-refractivity contribution in [1.29, 1.82) is 0 Å². The van der Waals surface area contributed by atoms with Crippen LogP contribution in [0.15, 0.2) is 48.8 Å². The van der Waals surface area contributed by atoms with E-state index in [1.165, 1.54) is 17.2 Å². The second-order valence-electron chi connectivity index (χ2n) is 7.59. The fourth-order valence-corrected chi connectivity index (χ4v) is 3.57. The van der Waals surface area contributed by atoms with Crippen LogP contribution in [0.3, 0.4) is 0 Å². The third kappa shape index (κ3) is 4.68. The number of carbonyl (C=O) groups excluding carboxylic acids is 2. The minimum Gasteiger partial charge on any atom is -0.451 e. The quantitative estimate of drug-likeness (QED) is 0.576. The first kappa shape index (κ1) is 21.7. The number of benzene rings is 1. The Morgan fingerprint density at radius 3 is 2.56 bits per heavy atom. The molecule has 168 valence electrons. The highest BCUT2D eigenvalue weighted by Gasteiger charge is 2.31. The number of ether oxygens (including phenoxy) is 1. The second kappa shape index (κ2) is 8.52. The summed E-state index contributed by atoms with van der Waals surface area (Å²) in [5.41, 5.74) is 1.47. The van der Waals surface area contributed by atoms with Crippen molar-refractivity contribution in [3.05, 3.63) is 65.6 Å². The first-order valence-corrected chi connectivity index (χ1v) is 10.0. The molecule has 7 nitrogen and oxygen atoms in total. The lowest BCUT2D eigenvalue weighted by atomic mass is 10.1. The van der Waals surface area contributed by atoms with Crippen LogP contribution in [0.2, 0.25) is 0 Å². The molecule has 1 saturated heterocycles. The predicted molar refractivity (Wildman–Crippen MR) is 110 cm³/mol. The molecule has 2 aromatic heterocycles. The van der Waals surface area contributed by atoms with E-state index < -0.39 is 24.3 Å². The van der Waals surface area contributed by atoms with Crippen molar-refractivity contribution in [3.8, 4) is 0 Å². The summed E-state index contributed by atoms with van der Waals surface area (Å²) >= 11 is 0. The molecule has 1 aromatic carbocycles. The first-order chi connectivity index (χ1) is 15.2. The van der Waals surface area contributed by atoms with Crippen LogP contribution in [0.25, 0.3) is 5.65 Å². The fourth-order valence-electron chi connectivity index (χ4n) is 3.57. The summed E-state index contributed by atoms with van der Waals surface area (Å²) in [5.74, 6) is -1.05. The molecular weight excluding hydrogens is 425 g/mol. The van der Waals surface area contributed by atoms with Gasteiger partial charge in [-0.15, -0.1) is 0 Å². The van der Waals surface area contributed by atoms with Gasteiger partial charge in [-0.05, 0) is 42.8 Å².